The van der Waals surface area contributed by atoms with Gasteiger partial charge in [0.05, 0.1) is 23.3 Å². The number of imidazole rings is 1. The number of aromatic amines is 1. The summed E-state index contributed by atoms with van der Waals surface area (Å²) in [4.78, 5) is 20.1. The van der Waals surface area contributed by atoms with Crippen LogP contribution in [0.15, 0.2) is 54.6 Å². The van der Waals surface area contributed by atoms with Crippen LogP contribution >= 0.6 is 11.6 Å². The number of aromatic nitrogens is 4. The molecule has 2 aromatic carbocycles. The number of carbonyl (C=O) groups is 1. The summed E-state index contributed by atoms with van der Waals surface area (Å²) < 4.78 is 1.65. The maximum Gasteiger partial charge on any atom is 0.272 e. The average molecular weight is 366 g/mol. The SMILES string of the molecule is Cn1nc(C(=O)NCc2nc3ccccc3[nH]2)cc1-c1ccccc1Cl. The molecule has 0 atom stereocenters. The smallest absolute Gasteiger partial charge is 0.272 e. The van der Waals surface area contributed by atoms with Gasteiger partial charge in [0.25, 0.3) is 5.91 Å². The van der Waals surface area contributed by atoms with Crippen LogP contribution in [-0.2, 0) is 13.6 Å². The number of rotatable bonds is 4. The molecule has 2 aromatic heterocycles. The summed E-state index contributed by atoms with van der Waals surface area (Å²) in [6, 6.07) is 16.9. The molecule has 0 aliphatic rings. The fraction of sp³-hybridized carbons (Fsp3) is 0.105. The van der Waals surface area contributed by atoms with Crippen molar-refractivity contribution in [3.8, 4) is 11.3 Å². The standard InChI is InChI=1S/C19H16ClN5O/c1-25-17(12-6-2-3-7-13(12)20)10-16(24-25)19(26)21-11-18-22-14-8-4-5-9-15(14)23-18/h2-10H,11H2,1H3,(H,21,26)(H,22,23). The topological polar surface area (TPSA) is 75.6 Å². The molecule has 0 fully saturated rings. The van der Waals surface area contributed by atoms with Crippen LogP contribution in [-0.4, -0.2) is 25.7 Å². The normalized spacial score (nSPS) is 11.0. The molecule has 130 valence electrons. The molecular formula is C19H16ClN5O. The van der Waals surface area contributed by atoms with E-state index in [1.807, 2.05) is 48.5 Å². The lowest BCUT2D eigenvalue weighted by molar-refractivity contribution is 0.0944. The Morgan fingerprint density at radius 1 is 1.19 bits per heavy atom. The van der Waals surface area contributed by atoms with Gasteiger partial charge in [-0.1, -0.05) is 41.9 Å². The second kappa shape index (κ2) is 6.65. The number of hydrogen-bond acceptors (Lipinski definition) is 3. The minimum atomic E-state index is -0.264. The first-order chi connectivity index (χ1) is 12.6. The maximum absolute atomic E-state index is 12.5. The van der Waals surface area contributed by atoms with Gasteiger partial charge in [-0.05, 0) is 24.3 Å². The number of aryl methyl sites for hydroxylation is 1. The molecule has 0 radical (unpaired) electrons. The molecule has 6 nitrogen and oxygen atoms in total. The molecule has 1 amide bonds. The van der Waals surface area contributed by atoms with E-state index >= 15 is 0 Å². The first-order valence-electron chi connectivity index (χ1n) is 8.12. The van der Waals surface area contributed by atoms with Crippen molar-refractivity contribution >= 4 is 28.5 Å². The summed E-state index contributed by atoms with van der Waals surface area (Å²) in [5.41, 5.74) is 3.76. The zero-order valence-corrected chi connectivity index (χ0v) is 14.8. The molecule has 0 unspecified atom stereocenters. The number of carbonyl (C=O) groups excluding carboxylic acids is 1. The molecule has 4 rings (SSSR count). The van der Waals surface area contributed by atoms with Crippen LogP contribution in [0.5, 0.6) is 0 Å². The van der Waals surface area contributed by atoms with Crippen LogP contribution in [0.25, 0.3) is 22.3 Å². The summed E-state index contributed by atoms with van der Waals surface area (Å²) >= 11 is 6.25. The fourth-order valence-corrected chi connectivity index (χ4v) is 3.08. The van der Waals surface area contributed by atoms with E-state index < -0.39 is 0 Å². The fourth-order valence-electron chi connectivity index (χ4n) is 2.84. The molecule has 7 heteroatoms. The van der Waals surface area contributed by atoms with E-state index in [2.05, 4.69) is 20.4 Å². The molecule has 0 bridgehead atoms. The van der Waals surface area contributed by atoms with Gasteiger partial charge in [-0.3, -0.25) is 9.48 Å². The molecule has 2 N–H and O–H groups in total. The summed E-state index contributed by atoms with van der Waals surface area (Å²) in [7, 11) is 1.79. The second-order valence-electron chi connectivity index (χ2n) is 5.90. The number of halogens is 1. The number of benzene rings is 2. The highest BCUT2D eigenvalue weighted by molar-refractivity contribution is 6.33. The molecule has 0 aliphatic heterocycles. The molecule has 4 aromatic rings. The van der Waals surface area contributed by atoms with Crippen molar-refractivity contribution in [1.82, 2.24) is 25.1 Å². The second-order valence-corrected chi connectivity index (χ2v) is 6.31. The third-order valence-corrected chi connectivity index (χ3v) is 4.45. The minimum absolute atomic E-state index is 0.264. The lowest BCUT2D eigenvalue weighted by atomic mass is 10.1. The van der Waals surface area contributed by atoms with Gasteiger partial charge in [0, 0.05) is 17.6 Å². The Balaban J connectivity index is 1.52. The maximum atomic E-state index is 12.5. The van der Waals surface area contributed by atoms with Gasteiger partial charge in [-0.2, -0.15) is 5.10 Å². The molecule has 2 heterocycles. The minimum Gasteiger partial charge on any atom is -0.343 e. The van der Waals surface area contributed by atoms with Gasteiger partial charge in [-0.15, -0.1) is 0 Å². The number of fused-ring (bicyclic) bond motifs is 1. The van der Waals surface area contributed by atoms with Gasteiger partial charge in [0.1, 0.15) is 5.82 Å². The number of para-hydroxylation sites is 2. The van der Waals surface area contributed by atoms with Gasteiger partial charge in [-0.25, -0.2) is 4.98 Å². The lowest BCUT2D eigenvalue weighted by Crippen LogP contribution is -2.24. The first-order valence-corrected chi connectivity index (χ1v) is 8.50. The molecule has 0 saturated heterocycles. The van der Waals surface area contributed by atoms with Crippen molar-refractivity contribution in [2.75, 3.05) is 0 Å². The molecular weight excluding hydrogens is 350 g/mol. The number of H-pyrrole nitrogens is 1. The van der Waals surface area contributed by atoms with Gasteiger partial charge in [0.15, 0.2) is 5.69 Å². The summed E-state index contributed by atoms with van der Waals surface area (Å²) in [6.45, 7) is 0.297. The number of hydrogen-bond donors (Lipinski definition) is 2. The van der Waals surface area contributed by atoms with Crippen molar-refractivity contribution in [3.05, 3.63) is 71.1 Å². The van der Waals surface area contributed by atoms with Crippen molar-refractivity contribution in [2.45, 2.75) is 6.54 Å². The van der Waals surface area contributed by atoms with E-state index in [1.54, 1.807) is 17.8 Å². The Labute approximate surface area is 154 Å². The third-order valence-electron chi connectivity index (χ3n) is 4.12. The first kappa shape index (κ1) is 16.4. The summed E-state index contributed by atoms with van der Waals surface area (Å²) in [5.74, 6) is 0.432. The van der Waals surface area contributed by atoms with Crippen LogP contribution in [0.4, 0.5) is 0 Å². The number of nitrogens with zero attached hydrogens (tertiary/aromatic N) is 3. The predicted octanol–water partition coefficient (Wildman–Crippen LogP) is 3.55. The van der Waals surface area contributed by atoms with Gasteiger partial charge >= 0.3 is 0 Å². The molecule has 0 spiro atoms. The Kier molecular flexibility index (Phi) is 4.18. The van der Waals surface area contributed by atoms with E-state index in [4.69, 9.17) is 11.6 Å². The lowest BCUT2D eigenvalue weighted by Gasteiger charge is -2.03. The van der Waals surface area contributed by atoms with Crippen LogP contribution in [0.3, 0.4) is 0 Å². The van der Waals surface area contributed by atoms with E-state index in [0.29, 0.717) is 23.1 Å². The summed E-state index contributed by atoms with van der Waals surface area (Å²) in [5, 5.41) is 7.76. The zero-order chi connectivity index (χ0) is 18.1. The Bertz CT molecular complexity index is 1070. The van der Waals surface area contributed by atoms with Gasteiger partial charge in [0.2, 0.25) is 0 Å². The van der Waals surface area contributed by atoms with Crippen molar-refractivity contribution < 1.29 is 4.79 Å². The Hall–Kier alpha value is -3.12. The highest BCUT2D eigenvalue weighted by atomic mass is 35.5. The number of nitrogens with one attached hydrogen (secondary N) is 2. The molecule has 0 saturated carbocycles. The highest BCUT2D eigenvalue weighted by Gasteiger charge is 2.15. The monoisotopic (exact) mass is 365 g/mol. The van der Waals surface area contributed by atoms with E-state index in [-0.39, 0.29) is 5.91 Å². The Morgan fingerprint density at radius 2 is 1.96 bits per heavy atom. The van der Waals surface area contributed by atoms with E-state index in [1.165, 1.54) is 0 Å². The van der Waals surface area contributed by atoms with Gasteiger partial charge < -0.3 is 10.3 Å². The van der Waals surface area contributed by atoms with Crippen molar-refractivity contribution in [2.24, 2.45) is 7.05 Å². The highest BCUT2D eigenvalue weighted by Crippen LogP contribution is 2.27. The average Bonchev–Trinajstić information content (AvgIpc) is 3.23. The van der Waals surface area contributed by atoms with Crippen LogP contribution < -0.4 is 5.32 Å². The zero-order valence-electron chi connectivity index (χ0n) is 14.0. The summed E-state index contributed by atoms with van der Waals surface area (Å²) in [6.07, 6.45) is 0. The van der Waals surface area contributed by atoms with Crippen molar-refractivity contribution in [3.63, 3.8) is 0 Å². The van der Waals surface area contributed by atoms with Crippen LogP contribution in [0.2, 0.25) is 5.02 Å². The van der Waals surface area contributed by atoms with Crippen molar-refractivity contribution in [1.29, 1.82) is 0 Å². The van der Waals surface area contributed by atoms with E-state index in [0.717, 1.165) is 22.3 Å². The van der Waals surface area contributed by atoms with Crippen LogP contribution in [0, 0.1) is 0 Å². The quantitative estimate of drug-likeness (QED) is 0.580. The molecule has 0 aliphatic carbocycles. The number of amides is 1. The van der Waals surface area contributed by atoms with Crippen LogP contribution in [0.1, 0.15) is 16.3 Å². The third kappa shape index (κ3) is 3.07. The predicted molar refractivity (Wildman–Crippen MR) is 101 cm³/mol. The van der Waals surface area contributed by atoms with E-state index in [9.17, 15) is 4.79 Å². The molecule has 26 heavy (non-hydrogen) atoms. The Morgan fingerprint density at radius 3 is 2.77 bits per heavy atom. The largest absolute Gasteiger partial charge is 0.343 e.